The first-order chi connectivity index (χ1) is 12.3. The Hall–Kier alpha value is -2.52. The Morgan fingerprint density at radius 2 is 1.81 bits per heavy atom. The van der Waals surface area contributed by atoms with E-state index in [2.05, 4.69) is 14.9 Å². The Balaban J connectivity index is 1.70. The van der Waals surface area contributed by atoms with Crippen molar-refractivity contribution in [3.8, 4) is 11.5 Å². The Morgan fingerprint density at radius 1 is 1.12 bits per heavy atom. The van der Waals surface area contributed by atoms with Gasteiger partial charge in [0.15, 0.2) is 5.76 Å². The molecule has 0 saturated heterocycles. The number of halogens is 1. The maximum absolute atomic E-state index is 13.0. The molecule has 0 spiro atoms. The summed E-state index contributed by atoms with van der Waals surface area (Å²) in [5.41, 5.74) is 1.59. The molecule has 26 heavy (non-hydrogen) atoms. The molecule has 7 nitrogen and oxygen atoms in total. The average Bonchev–Trinajstić information content (AvgIpc) is 3.11. The van der Waals surface area contributed by atoms with Gasteiger partial charge < -0.3 is 8.94 Å². The third-order valence-corrected chi connectivity index (χ3v) is 5.58. The second-order valence-electron chi connectivity index (χ2n) is 5.83. The van der Waals surface area contributed by atoms with E-state index < -0.39 is 10.0 Å². The Kier molecular flexibility index (Phi) is 4.92. The molecule has 0 atom stereocenters. The smallest absolute Gasteiger partial charge is 0.245 e. The van der Waals surface area contributed by atoms with Crippen LogP contribution in [0.3, 0.4) is 0 Å². The predicted molar refractivity (Wildman–Crippen MR) is 91.5 cm³/mol. The second kappa shape index (κ2) is 7.00. The number of aromatic nitrogens is 2. The van der Waals surface area contributed by atoms with Gasteiger partial charge in [-0.1, -0.05) is 5.16 Å². The summed E-state index contributed by atoms with van der Waals surface area (Å²) >= 11 is 0. The zero-order chi connectivity index (χ0) is 18.9. The molecule has 1 N–H and O–H groups in total. The fraction of sp³-hybridized carbons (Fsp3) is 0.294. The lowest BCUT2D eigenvalue weighted by atomic mass is 10.2. The van der Waals surface area contributed by atoms with Gasteiger partial charge in [0.2, 0.25) is 15.9 Å². The van der Waals surface area contributed by atoms with Gasteiger partial charge in [-0.05, 0) is 45.0 Å². The van der Waals surface area contributed by atoms with Crippen LogP contribution in [0.1, 0.15) is 22.9 Å². The van der Waals surface area contributed by atoms with Crippen LogP contribution in [0.2, 0.25) is 0 Å². The number of hydrogen-bond donors (Lipinski definition) is 1. The molecular weight excluding hydrogens is 361 g/mol. The SMILES string of the molecule is Cc1noc(C)c1S(=O)(=O)NCCc1nc(-c2ccc(F)cc2)oc1C. The molecule has 0 fully saturated rings. The van der Waals surface area contributed by atoms with E-state index in [-0.39, 0.29) is 23.0 Å². The van der Waals surface area contributed by atoms with E-state index in [9.17, 15) is 12.8 Å². The summed E-state index contributed by atoms with van der Waals surface area (Å²) in [5.74, 6) is 0.851. The summed E-state index contributed by atoms with van der Waals surface area (Å²) in [5, 5.41) is 3.66. The molecule has 0 aliphatic rings. The number of sulfonamides is 1. The molecular formula is C17H18FN3O4S. The van der Waals surface area contributed by atoms with Crippen LogP contribution in [0.5, 0.6) is 0 Å². The first-order valence-corrected chi connectivity index (χ1v) is 9.41. The lowest BCUT2D eigenvalue weighted by Crippen LogP contribution is -2.27. The Bertz CT molecular complexity index is 1000. The zero-order valence-corrected chi connectivity index (χ0v) is 15.4. The van der Waals surface area contributed by atoms with Crippen molar-refractivity contribution < 1.29 is 21.7 Å². The number of hydrogen-bond acceptors (Lipinski definition) is 6. The highest BCUT2D eigenvalue weighted by Gasteiger charge is 2.24. The highest BCUT2D eigenvalue weighted by Crippen LogP contribution is 2.22. The molecule has 2 aromatic heterocycles. The molecule has 3 rings (SSSR count). The predicted octanol–water partition coefficient (Wildman–Crippen LogP) is 2.91. The summed E-state index contributed by atoms with van der Waals surface area (Å²) in [6.45, 7) is 5.01. The molecule has 2 heterocycles. The van der Waals surface area contributed by atoms with E-state index in [1.54, 1.807) is 32.9 Å². The van der Waals surface area contributed by atoms with Crippen molar-refractivity contribution in [1.82, 2.24) is 14.9 Å². The second-order valence-corrected chi connectivity index (χ2v) is 7.53. The van der Waals surface area contributed by atoms with Crippen molar-refractivity contribution in [2.45, 2.75) is 32.1 Å². The van der Waals surface area contributed by atoms with Crippen molar-refractivity contribution in [2.24, 2.45) is 0 Å². The number of nitrogens with zero attached hydrogens (tertiary/aromatic N) is 2. The van der Waals surface area contributed by atoms with Crippen molar-refractivity contribution in [2.75, 3.05) is 6.54 Å². The molecule has 0 aliphatic heterocycles. The van der Waals surface area contributed by atoms with Crippen molar-refractivity contribution in [3.05, 3.63) is 53.0 Å². The van der Waals surface area contributed by atoms with Gasteiger partial charge in [0.05, 0.1) is 5.69 Å². The fourth-order valence-electron chi connectivity index (χ4n) is 2.61. The number of oxazole rings is 1. The first-order valence-electron chi connectivity index (χ1n) is 7.92. The van der Waals surface area contributed by atoms with Crippen molar-refractivity contribution in [1.29, 1.82) is 0 Å². The molecule has 3 aromatic rings. The van der Waals surface area contributed by atoms with Gasteiger partial charge in [0.1, 0.15) is 22.2 Å². The standard InChI is InChI=1S/C17H18FN3O4S/c1-10-16(12(3)25-21-10)26(22,23)19-9-8-15-11(2)24-17(20-15)13-4-6-14(18)7-5-13/h4-7,19H,8-9H2,1-3H3. The van der Waals surface area contributed by atoms with Gasteiger partial charge in [0, 0.05) is 18.5 Å². The van der Waals surface area contributed by atoms with E-state index in [0.717, 1.165) is 0 Å². The molecule has 138 valence electrons. The van der Waals surface area contributed by atoms with Crippen LogP contribution in [0.25, 0.3) is 11.5 Å². The van der Waals surface area contributed by atoms with Crippen LogP contribution in [-0.2, 0) is 16.4 Å². The largest absolute Gasteiger partial charge is 0.441 e. The maximum Gasteiger partial charge on any atom is 0.245 e. The van der Waals surface area contributed by atoms with Crippen molar-refractivity contribution >= 4 is 10.0 Å². The van der Waals surface area contributed by atoms with E-state index >= 15 is 0 Å². The van der Waals surface area contributed by atoms with Gasteiger partial charge in [-0.2, -0.15) is 0 Å². The fourth-order valence-corrected chi connectivity index (χ4v) is 3.97. The van der Waals surface area contributed by atoms with Crippen LogP contribution >= 0.6 is 0 Å². The summed E-state index contributed by atoms with van der Waals surface area (Å²) in [7, 11) is -3.72. The lowest BCUT2D eigenvalue weighted by Gasteiger charge is -2.05. The first kappa shape index (κ1) is 18.3. The minimum absolute atomic E-state index is 0.0568. The maximum atomic E-state index is 13.0. The molecule has 0 bridgehead atoms. The van der Waals surface area contributed by atoms with Crippen LogP contribution < -0.4 is 4.72 Å². The Morgan fingerprint density at radius 3 is 2.42 bits per heavy atom. The van der Waals surface area contributed by atoms with Gasteiger partial charge in [-0.15, -0.1) is 0 Å². The van der Waals surface area contributed by atoms with Crippen LogP contribution in [-0.4, -0.2) is 25.1 Å². The quantitative estimate of drug-likeness (QED) is 0.707. The summed E-state index contributed by atoms with van der Waals surface area (Å²) in [4.78, 5) is 4.43. The number of aryl methyl sites for hydroxylation is 3. The molecule has 9 heteroatoms. The van der Waals surface area contributed by atoms with Crippen LogP contribution in [0.4, 0.5) is 4.39 Å². The highest BCUT2D eigenvalue weighted by molar-refractivity contribution is 7.89. The lowest BCUT2D eigenvalue weighted by molar-refractivity contribution is 0.390. The minimum atomic E-state index is -3.72. The topological polar surface area (TPSA) is 98.2 Å². The molecule has 0 amide bonds. The summed E-state index contributed by atoms with van der Waals surface area (Å²) in [6, 6.07) is 5.80. The zero-order valence-electron chi connectivity index (χ0n) is 14.5. The monoisotopic (exact) mass is 379 g/mol. The third-order valence-electron chi connectivity index (χ3n) is 3.87. The van der Waals surface area contributed by atoms with Gasteiger partial charge >= 0.3 is 0 Å². The molecule has 0 radical (unpaired) electrons. The highest BCUT2D eigenvalue weighted by atomic mass is 32.2. The Labute approximate surface area is 150 Å². The van der Waals surface area contributed by atoms with Gasteiger partial charge in [0.25, 0.3) is 0 Å². The van der Waals surface area contributed by atoms with Crippen LogP contribution in [0.15, 0.2) is 38.1 Å². The molecule has 1 aromatic carbocycles. The summed E-state index contributed by atoms with van der Waals surface area (Å²) in [6.07, 6.45) is 0.346. The number of nitrogens with one attached hydrogen (secondary N) is 1. The molecule has 0 aliphatic carbocycles. The van der Waals surface area contributed by atoms with E-state index in [4.69, 9.17) is 8.94 Å². The number of benzene rings is 1. The van der Waals surface area contributed by atoms with E-state index in [1.807, 2.05) is 0 Å². The van der Waals surface area contributed by atoms with Crippen LogP contribution in [0, 0.1) is 26.6 Å². The minimum Gasteiger partial charge on any atom is -0.441 e. The number of rotatable bonds is 6. The van der Waals surface area contributed by atoms with E-state index in [1.165, 1.54) is 12.1 Å². The van der Waals surface area contributed by atoms with Gasteiger partial charge in [-0.3, -0.25) is 0 Å². The normalized spacial score (nSPS) is 11.8. The third kappa shape index (κ3) is 3.68. The average molecular weight is 379 g/mol. The van der Waals surface area contributed by atoms with Gasteiger partial charge in [-0.25, -0.2) is 22.5 Å². The summed E-state index contributed by atoms with van der Waals surface area (Å²) < 4.78 is 50.8. The molecule has 0 unspecified atom stereocenters. The van der Waals surface area contributed by atoms with E-state index in [0.29, 0.717) is 35.0 Å². The molecule has 0 saturated carbocycles. The van der Waals surface area contributed by atoms with Crippen molar-refractivity contribution in [3.63, 3.8) is 0 Å².